The first-order valence-electron chi connectivity index (χ1n) is 6.11. The highest BCUT2D eigenvalue weighted by molar-refractivity contribution is 5.87. The van der Waals surface area contributed by atoms with Crippen LogP contribution in [-0.2, 0) is 12.8 Å². The van der Waals surface area contributed by atoms with Gasteiger partial charge >= 0.3 is 0 Å². The molecule has 0 heterocycles. The molecule has 90 valence electrons. The third kappa shape index (κ3) is 1.42. The molecule has 2 heteroatoms. The van der Waals surface area contributed by atoms with Crippen LogP contribution in [0.1, 0.15) is 16.7 Å². The average molecular weight is 236 g/mol. The molecule has 18 heavy (non-hydrogen) atoms. The topological polar surface area (TPSA) is 52.0 Å². The first-order valence-corrected chi connectivity index (χ1v) is 6.11. The van der Waals surface area contributed by atoms with Crippen molar-refractivity contribution in [3.8, 4) is 11.1 Å². The molecule has 0 spiro atoms. The van der Waals surface area contributed by atoms with Crippen molar-refractivity contribution in [3.63, 3.8) is 0 Å². The summed E-state index contributed by atoms with van der Waals surface area (Å²) in [5.41, 5.74) is 19.8. The van der Waals surface area contributed by atoms with Crippen molar-refractivity contribution in [3.05, 3.63) is 59.7 Å². The molecule has 0 amide bonds. The lowest BCUT2D eigenvalue weighted by molar-refractivity contribution is 1.24. The molecular weight excluding hydrogens is 220 g/mol. The smallest absolute Gasteiger partial charge is 0.0592 e. The van der Waals surface area contributed by atoms with Crippen molar-refractivity contribution in [2.24, 2.45) is 0 Å². The van der Waals surface area contributed by atoms with E-state index < -0.39 is 0 Å². The van der Waals surface area contributed by atoms with Crippen molar-refractivity contribution in [1.82, 2.24) is 0 Å². The van der Waals surface area contributed by atoms with Crippen molar-refractivity contribution in [2.45, 2.75) is 12.8 Å². The zero-order valence-electron chi connectivity index (χ0n) is 10.2. The van der Waals surface area contributed by atoms with Gasteiger partial charge < -0.3 is 11.5 Å². The SMILES string of the molecule is C=CCc1cc2c(c(N)c1N)Cc1ccccc1-2. The Hall–Kier alpha value is -2.22. The molecule has 2 aromatic rings. The van der Waals surface area contributed by atoms with Crippen molar-refractivity contribution in [2.75, 3.05) is 11.5 Å². The molecule has 0 fully saturated rings. The lowest BCUT2D eigenvalue weighted by Crippen LogP contribution is -2.03. The van der Waals surface area contributed by atoms with E-state index in [4.69, 9.17) is 11.5 Å². The fourth-order valence-corrected chi connectivity index (χ4v) is 2.70. The molecule has 1 aliphatic carbocycles. The predicted molar refractivity (Wildman–Crippen MR) is 77.4 cm³/mol. The van der Waals surface area contributed by atoms with Gasteiger partial charge in [0.05, 0.1) is 11.4 Å². The summed E-state index contributed by atoms with van der Waals surface area (Å²) in [6.45, 7) is 3.77. The van der Waals surface area contributed by atoms with E-state index in [0.717, 1.165) is 24.1 Å². The minimum absolute atomic E-state index is 0.710. The van der Waals surface area contributed by atoms with Crippen LogP contribution in [0.4, 0.5) is 11.4 Å². The highest BCUT2D eigenvalue weighted by Gasteiger charge is 2.22. The van der Waals surface area contributed by atoms with E-state index >= 15 is 0 Å². The van der Waals surface area contributed by atoms with Crippen molar-refractivity contribution in [1.29, 1.82) is 0 Å². The molecule has 0 aliphatic heterocycles. The number of anilines is 2. The second-order valence-corrected chi connectivity index (χ2v) is 4.72. The largest absolute Gasteiger partial charge is 0.397 e. The van der Waals surface area contributed by atoms with E-state index in [1.54, 1.807) is 0 Å². The Bertz CT molecular complexity index is 642. The van der Waals surface area contributed by atoms with Crippen LogP contribution < -0.4 is 11.5 Å². The molecule has 0 saturated heterocycles. The Kier molecular flexibility index (Phi) is 2.37. The van der Waals surface area contributed by atoms with Crippen molar-refractivity contribution >= 4 is 11.4 Å². The van der Waals surface area contributed by atoms with Crippen LogP contribution in [0.3, 0.4) is 0 Å². The van der Waals surface area contributed by atoms with Crippen molar-refractivity contribution < 1.29 is 0 Å². The number of rotatable bonds is 2. The van der Waals surface area contributed by atoms with Gasteiger partial charge in [-0.05, 0) is 40.3 Å². The van der Waals surface area contributed by atoms with Crippen LogP contribution in [-0.4, -0.2) is 0 Å². The van der Waals surface area contributed by atoms with E-state index in [9.17, 15) is 0 Å². The van der Waals surface area contributed by atoms with E-state index in [1.807, 2.05) is 6.08 Å². The maximum absolute atomic E-state index is 6.19. The molecule has 1 aliphatic rings. The third-order valence-electron chi connectivity index (χ3n) is 3.64. The summed E-state index contributed by atoms with van der Waals surface area (Å²) in [6, 6.07) is 10.6. The Morgan fingerprint density at radius 2 is 1.89 bits per heavy atom. The van der Waals surface area contributed by atoms with Gasteiger partial charge in [-0.25, -0.2) is 0 Å². The average Bonchev–Trinajstić information content (AvgIpc) is 2.75. The predicted octanol–water partition coefficient (Wildman–Crippen LogP) is 3.15. The maximum Gasteiger partial charge on any atom is 0.0592 e. The fraction of sp³-hybridized carbons (Fsp3) is 0.125. The van der Waals surface area contributed by atoms with Crippen LogP contribution >= 0.6 is 0 Å². The lowest BCUT2D eigenvalue weighted by Gasteiger charge is -2.12. The second-order valence-electron chi connectivity index (χ2n) is 4.72. The molecule has 4 N–H and O–H groups in total. The normalized spacial score (nSPS) is 12.0. The molecule has 0 bridgehead atoms. The summed E-state index contributed by atoms with van der Waals surface area (Å²) in [7, 11) is 0. The van der Waals surface area contributed by atoms with Gasteiger partial charge in [0.15, 0.2) is 0 Å². The van der Waals surface area contributed by atoms with Crippen LogP contribution in [0.5, 0.6) is 0 Å². The fourth-order valence-electron chi connectivity index (χ4n) is 2.70. The molecular formula is C16H16N2. The first kappa shape index (κ1) is 10.9. The van der Waals surface area contributed by atoms with Gasteiger partial charge in [0.25, 0.3) is 0 Å². The van der Waals surface area contributed by atoms with E-state index in [1.165, 1.54) is 22.3 Å². The van der Waals surface area contributed by atoms with Crippen LogP contribution in [0, 0.1) is 0 Å². The summed E-state index contributed by atoms with van der Waals surface area (Å²) in [6.07, 6.45) is 3.50. The Morgan fingerprint density at radius 1 is 1.11 bits per heavy atom. The molecule has 0 aromatic heterocycles. The lowest BCUT2D eigenvalue weighted by atomic mass is 9.98. The van der Waals surface area contributed by atoms with E-state index in [-0.39, 0.29) is 0 Å². The summed E-state index contributed by atoms with van der Waals surface area (Å²) >= 11 is 0. The molecule has 2 aromatic carbocycles. The molecule has 3 rings (SSSR count). The minimum atomic E-state index is 0.710. The molecule has 0 radical (unpaired) electrons. The van der Waals surface area contributed by atoms with Gasteiger partial charge in [-0.1, -0.05) is 30.3 Å². The summed E-state index contributed by atoms with van der Waals surface area (Å²) in [5, 5.41) is 0. The number of benzene rings is 2. The molecule has 0 unspecified atom stereocenters. The van der Waals surface area contributed by atoms with Gasteiger partial charge in [-0.3, -0.25) is 0 Å². The molecule has 0 saturated carbocycles. The minimum Gasteiger partial charge on any atom is -0.397 e. The highest BCUT2D eigenvalue weighted by atomic mass is 14.7. The summed E-state index contributed by atoms with van der Waals surface area (Å²) in [4.78, 5) is 0. The van der Waals surface area contributed by atoms with Crippen LogP contribution in [0.15, 0.2) is 43.0 Å². The summed E-state index contributed by atoms with van der Waals surface area (Å²) < 4.78 is 0. The summed E-state index contributed by atoms with van der Waals surface area (Å²) in [5.74, 6) is 0. The second kappa shape index (κ2) is 3.91. The van der Waals surface area contributed by atoms with Crippen LogP contribution in [0.2, 0.25) is 0 Å². The number of nitrogen functional groups attached to an aromatic ring is 2. The van der Waals surface area contributed by atoms with Gasteiger partial charge in [0, 0.05) is 6.42 Å². The number of nitrogens with two attached hydrogens (primary N) is 2. The molecule has 2 nitrogen and oxygen atoms in total. The Labute approximate surface area is 107 Å². The zero-order chi connectivity index (χ0) is 12.7. The molecule has 0 atom stereocenters. The highest BCUT2D eigenvalue weighted by Crippen LogP contribution is 2.42. The number of hydrogen-bond donors (Lipinski definition) is 2. The van der Waals surface area contributed by atoms with Crippen LogP contribution in [0.25, 0.3) is 11.1 Å². The number of allylic oxidation sites excluding steroid dienone is 1. The van der Waals surface area contributed by atoms with Gasteiger partial charge in [0.1, 0.15) is 0 Å². The zero-order valence-corrected chi connectivity index (χ0v) is 10.2. The third-order valence-corrected chi connectivity index (χ3v) is 3.64. The maximum atomic E-state index is 6.19. The first-order chi connectivity index (χ1) is 8.72. The monoisotopic (exact) mass is 236 g/mol. The van der Waals surface area contributed by atoms with Gasteiger partial charge in [-0.15, -0.1) is 6.58 Å². The standard InChI is InChI=1S/C16H16N2/c1-2-5-11-9-13-12-7-4-3-6-10(12)8-14(13)16(18)15(11)17/h2-4,6-7,9H,1,5,8,17-18H2. The number of hydrogen-bond acceptors (Lipinski definition) is 2. The Balaban J connectivity index is 2.26. The Morgan fingerprint density at radius 3 is 2.67 bits per heavy atom. The van der Waals surface area contributed by atoms with E-state index in [0.29, 0.717) is 5.69 Å². The number of fused-ring (bicyclic) bond motifs is 3. The quantitative estimate of drug-likeness (QED) is 0.530. The van der Waals surface area contributed by atoms with Gasteiger partial charge in [-0.2, -0.15) is 0 Å². The van der Waals surface area contributed by atoms with Gasteiger partial charge in [0.2, 0.25) is 0 Å². The van der Waals surface area contributed by atoms with E-state index in [2.05, 4.69) is 36.9 Å².